The Balaban J connectivity index is 1.84. The maximum atomic E-state index is 11.5. The predicted molar refractivity (Wildman–Crippen MR) is 124 cm³/mol. The van der Waals surface area contributed by atoms with Gasteiger partial charge in [-0.2, -0.15) is 5.10 Å². The van der Waals surface area contributed by atoms with Crippen LogP contribution in [0.5, 0.6) is 17.2 Å². The quantitative estimate of drug-likeness (QED) is 0.398. The van der Waals surface area contributed by atoms with Crippen LogP contribution in [0.15, 0.2) is 65.8 Å². The van der Waals surface area contributed by atoms with E-state index < -0.39 is 21.2 Å². The molecule has 0 saturated heterocycles. The van der Waals surface area contributed by atoms with Crippen LogP contribution >= 0.6 is 0 Å². The van der Waals surface area contributed by atoms with Crippen molar-refractivity contribution in [1.29, 1.82) is 0 Å². The van der Waals surface area contributed by atoms with Crippen LogP contribution < -0.4 is 19.6 Å². The number of hydrogen-bond acceptors (Lipinski definition) is 9. The molecule has 0 amide bonds. The smallest absolute Gasteiger partial charge is 0.301 e. The van der Waals surface area contributed by atoms with Crippen LogP contribution in [0.3, 0.4) is 0 Å². The highest BCUT2D eigenvalue weighted by Gasteiger charge is 2.32. The predicted octanol–water partition coefficient (Wildman–Crippen LogP) is 4.51. The molecular weight excluding hydrogens is 444 g/mol. The number of hydrogen-bond donors (Lipinski definition) is 1. The number of methoxy groups -OCH3 is 2. The SMILES string of the molecule is COc1cc(OC)c2c(c1)OCC(c1ccccc1)C2=NNc1ccc([N+](=O)[O-])cc1[N+](=O)[O-]. The van der Waals surface area contributed by atoms with Crippen molar-refractivity contribution < 1.29 is 24.1 Å². The Labute approximate surface area is 193 Å². The number of hydrazone groups is 1. The number of nitro benzene ring substituents is 2. The monoisotopic (exact) mass is 464 g/mol. The summed E-state index contributed by atoms with van der Waals surface area (Å²) < 4.78 is 16.9. The molecule has 0 radical (unpaired) electrons. The van der Waals surface area contributed by atoms with Crippen molar-refractivity contribution in [3.8, 4) is 17.2 Å². The zero-order chi connectivity index (χ0) is 24.2. The van der Waals surface area contributed by atoms with Crippen LogP contribution in [0, 0.1) is 20.2 Å². The summed E-state index contributed by atoms with van der Waals surface area (Å²) in [5, 5.41) is 27.1. The molecule has 1 aliphatic rings. The van der Waals surface area contributed by atoms with Crippen molar-refractivity contribution in [3.05, 3.63) is 92.0 Å². The van der Waals surface area contributed by atoms with Gasteiger partial charge in [0, 0.05) is 18.2 Å². The topological polar surface area (TPSA) is 138 Å². The number of ether oxygens (including phenoxy) is 3. The Kier molecular flexibility index (Phi) is 6.26. The van der Waals surface area contributed by atoms with Crippen molar-refractivity contribution in [2.24, 2.45) is 5.10 Å². The van der Waals surface area contributed by atoms with Gasteiger partial charge in [0.2, 0.25) is 0 Å². The molecule has 0 saturated carbocycles. The van der Waals surface area contributed by atoms with Gasteiger partial charge in [0.1, 0.15) is 29.5 Å². The number of anilines is 1. The van der Waals surface area contributed by atoms with Crippen molar-refractivity contribution in [1.82, 2.24) is 0 Å². The fourth-order valence-electron chi connectivity index (χ4n) is 3.71. The molecule has 1 atom stereocenters. The first kappa shape index (κ1) is 22.5. The summed E-state index contributed by atoms with van der Waals surface area (Å²) in [5.41, 5.74) is 3.90. The standard InChI is InChI=1S/C23H20N4O7/c1-32-16-11-20(33-2)22-21(12-16)34-13-17(14-6-4-3-5-7-14)23(22)25-24-18-9-8-15(26(28)29)10-19(18)27(30)31/h3-12,17,24H,13H2,1-2H3. The molecule has 0 aromatic heterocycles. The number of fused-ring (bicyclic) bond motifs is 1. The minimum Gasteiger partial charge on any atom is -0.496 e. The molecule has 11 heteroatoms. The average Bonchev–Trinajstić information content (AvgIpc) is 2.86. The van der Waals surface area contributed by atoms with Gasteiger partial charge in [-0.3, -0.25) is 25.7 Å². The second-order valence-corrected chi connectivity index (χ2v) is 7.30. The second kappa shape index (κ2) is 9.45. The fraction of sp³-hybridized carbons (Fsp3) is 0.174. The number of benzene rings is 3. The molecule has 3 aromatic carbocycles. The Morgan fingerprint density at radius 3 is 2.41 bits per heavy atom. The minimum atomic E-state index is -0.701. The van der Waals surface area contributed by atoms with Crippen LogP contribution in [-0.4, -0.2) is 36.4 Å². The molecule has 0 spiro atoms. The molecule has 4 rings (SSSR count). The first-order chi connectivity index (χ1) is 16.4. The molecule has 3 aromatic rings. The van der Waals surface area contributed by atoms with Crippen molar-refractivity contribution in [3.63, 3.8) is 0 Å². The van der Waals surface area contributed by atoms with E-state index in [0.29, 0.717) is 28.5 Å². The molecule has 1 aliphatic heterocycles. The lowest BCUT2D eigenvalue weighted by Crippen LogP contribution is -2.28. The fourth-order valence-corrected chi connectivity index (χ4v) is 3.71. The number of non-ortho nitro benzene ring substituents is 1. The molecule has 1 unspecified atom stereocenters. The number of nitrogens with one attached hydrogen (secondary N) is 1. The van der Waals surface area contributed by atoms with Gasteiger partial charge in [-0.1, -0.05) is 30.3 Å². The molecule has 1 heterocycles. The Hall–Kier alpha value is -4.67. The molecule has 174 valence electrons. The molecule has 0 aliphatic carbocycles. The molecular formula is C23H20N4O7. The summed E-state index contributed by atoms with van der Waals surface area (Å²) in [6.45, 7) is 0.260. The van der Waals surface area contributed by atoms with E-state index in [2.05, 4.69) is 10.5 Å². The van der Waals surface area contributed by atoms with E-state index in [1.165, 1.54) is 26.4 Å². The minimum absolute atomic E-state index is 0.00966. The molecule has 0 bridgehead atoms. The molecule has 1 N–H and O–H groups in total. The van der Waals surface area contributed by atoms with Crippen molar-refractivity contribution in [2.75, 3.05) is 26.3 Å². The third kappa shape index (κ3) is 4.31. The van der Waals surface area contributed by atoms with Gasteiger partial charge >= 0.3 is 5.69 Å². The second-order valence-electron chi connectivity index (χ2n) is 7.30. The van der Waals surface area contributed by atoms with Crippen LogP contribution in [0.2, 0.25) is 0 Å². The summed E-state index contributed by atoms with van der Waals surface area (Å²) in [5.74, 6) is 1.16. The molecule has 0 fully saturated rings. The Bertz CT molecular complexity index is 1260. The van der Waals surface area contributed by atoms with Crippen molar-refractivity contribution in [2.45, 2.75) is 5.92 Å². The summed E-state index contributed by atoms with van der Waals surface area (Å²) in [4.78, 5) is 21.2. The van der Waals surface area contributed by atoms with Gasteiger partial charge in [0.15, 0.2) is 0 Å². The zero-order valence-electron chi connectivity index (χ0n) is 18.3. The highest BCUT2D eigenvalue weighted by molar-refractivity contribution is 6.10. The van der Waals surface area contributed by atoms with Crippen LogP contribution in [-0.2, 0) is 0 Å². The summed E-state index contributed by atoms with van der Waals surface area (Å²) >= 11 is 0. The van der Waals surface area contributed by atoms with Crippen LogP contribution in [0.4, 0.5) is 17.1 Å². The first-order valence-electron chi connectivity index (χ1n) is 10.1. The van der Waals surface area contributed by atoms with E-state index in [4.69, 9.17) is 14.2 Å². The lowest BCUT2D eigenvalue weighted by Gasteiger charge is -2.29. The Morgan fingerprint density at radius 1 is 1.00 bits per heavy atom. The largest absolute Gasteiger partial charge is 0.496 e. The van der Waals surface area contributed by atoms with Crippen LogP contribution in [0.1, 0.15) is 17.0 Å². The maximum absolute atomic E-state index is 11.5. The van der Waals surface area contributed by atoms with E-state index >= 15 is 0 Å². The van der Waals surface area contributed by atoms with Crippen molar-refractivity contribution >= 4 is 22.8 Å². The number of nitrogens with zero attached hydrogens (tertiary/aromatic N) is 3. The third-order valence-corrected chi connectivity index (χ3v) is 5.37. The first-order valence-corrected chi connectivity index (χ1v) is 10.1. The van der Waals surface area contributed by atoms with Crippen LogP contribution in [0.25, 0.3) is 0 Å². The van der Waals surface area contributed by atoms with Gasteiger partial charge in [-0.05, 0) is 11.6 Å². The lowest BCUT2D eigenvalue weighted by molar-refractivity contribution is -0.393. The van der Waals surface area contributed by atoms with Gasteiger partial charge in [0.25, 0.3) is 5.69 Å². The molecule has 34 heavy (non-hydrogen) atoms. The summed E-state index contributed by atoms with van der Waals surface area (Å²) in [6.07, 6.45) is 0. The van der Waals surface area contributed by atoms with E-state index in [1.54, 1.807) is 12.1 Å². The zero-order valence-corrected chi connectivity index (χ0v) is 18.3. The van der Waals surface area contributed by atoms with E-state index in [0.717, 1.165) is 11.6 Å². The molecule has 11 nitrogen and oxygen atoms in total. The Morgan fingerprint density at radius 2 is 1.76 bits per heavy atom. The van der Waals surface area contributed by atoms with E-state index in [1.807, 2.05) is 30.3 Å². The summed E-state index contributed by atoms with van der Waals surface area (Å²) in [6, 6.07) is 16.3. The van der Waals surface area contributed by atoms with Gasteiger partial charge in [0.05, 0.1) is 47.3 Å². The number of rotatable bonds is 7. The highest BCUT2D eigenvalue weighted by atomic mass is 16.6. The van der Waals surface area contributed by atoms with E-state index in [-0.39, 0.29) is 18.2 Å². The maximum Gasteiger partial charge on any atom is 0.301 e. The van der Waals surface area contributed by atoms with Gasteiger partial charge in [-0.15, -0.1) is 0 Å². The van der Waals surface area contributed by atoms with Gasteiger partial charge in [-0.25, -0.2) is 0 Å². The lowest BCUT2D eigenvalue weighted by atomic mass is 9.87. The normalized spacial score (nSPS) is 15.7. The van der Waals surface area contributed by atoms with E-state index in [9.17, 15) is 20.2 Å². The average molecular weight is 464 g/mol. The van der Waals surface area contributed by atoms with Gasteiger partial charge < -0.3 is 14.2 Å². The summed E-state index contributed by atoms with van der Waals surface area (Å²) in [7, 11) is 3.04. The third-order valence-electron chi connectivity index (χ3n) is 5.37. The highest BCUT2D eigenvalue weighted by Crippen LogP contribution is 2.41. The number of nitro groups is 2.